The minimum atomic E-state index is -0.559. The largest absolute Gasteiger partial charge is 0.509 e. The SMILES string of the molecule is CCC(C)(C)CC(C)OC(=O)OC(C)(C)CC. The minimum absolute atomic E-state index is 0.106. The van der Waals surface area contributed by atoms with Crippen LogP contribution in [0.3, 0.4) is 0 Å². The maximum atomic E-state index is 11.6. The molecule has 0 fully saturated rings. The predicted octanol–water partition coefficient (Wildman–Crippen LogP) is 4.54. The van der Waals surface area contributed by atoms with Crippen LogP contribution in [0.25, 0.3) is 0 Å². The standard InChI is InChI=1S/C14H28O3/c1-8-13(4,5)10-11(3)16-12(15)17-14(6,7)9-2/h11H,8-10H2,1-7H3. The van der Waals surface area contributed by atoms with E-state index in [2.05, 4.69) is 20.8 Å². The van der Waals surface area contributed by atoms with Crippen LogP contribution in [0.1, 0.15) is 67.7 Å². The van der Waals surface area contributed by atoms with E-state index in [-0.39, 0.29) is 11.5 Å². The van der Waals surface area contributed by atoms with Crippen LogP contribution in [0.4, 0.5) is 4.79 Å². The highest BCUT2D eigenvalue weighted by atomic mass is 16.7. The maximum Gasteiger partial charge on any atom is 0.509 e. The van der Waals surface area contributed by atoms with Gasteiger partial charge in [-0.15, -0.1) is 0 Å². The van der Waals surface area contributed by atoms with Gasteiger partial charge in [-0.25, -0.2) is 4.79 Å². The summed E-state index contributed by atoms with van der Waals surface area (Å²) in [7, 11) is 0. The quantitative estimate of drug-likeness (QED) is 0.643. The Morgan fingerprint density at radius 3 is 2.06 bits per heavy atom. The Hall–Kier alpha value is -0.730. The first kappa shape index (κ1) is 16.3. The van der Waals surface area contributed by atoms with E-state index in [0.717, 1.165) is 19.3 Å². The van der Waals surface area contributed by atoms with E-state index in [1.807, 2.05) is 27.7 Å². The third-order valence-corrected chi connectivity index (χ3v) is 3.31. The number of carbonyl (C=O) groups is 1. The zero-order valence-electron chi connectivity index (χ0n) is 12.4. The van der Waals surface area contributed by atoms with Gasteiger partial charge in [0.2, 0.25) is 0 Å². The van der Waals surface area contributed by atoms with Crippen molar-refractivity contribution >= 4 is 6.16 Å². The van der Waals surface area contributed by atoms with E-state index < -0.39 is 11.8 Å². The van der Waals surface area contributed by atoms with Crippen molar-refractivity contribution in [3.63, 3.8) is 0 Å². The average molecular weight is 244 g/mol. The summed E-state index contributed by atoms with van der Waals surface area (Å²) < 4.78 is 10.5. The van der Waals surface area contributed by atoms with Gasteiger partial charge in [0.25, 0.3) is 0 Å². The van der Waals surface area contributed by atoms with Gasteiger partial charge in [-0.1, -0.05) is 34.1 Å². The second-order valence-corrected chi connectivity index (χ2v) is 6.12. The molecule has 0 rings (SSSR count). The monoisotopic (exact) mass is 244 g/mol. The lowest BCUT2D eigenvalue weighted by molar-refractivity contribution is -0.0391. The van der Waals surface area contributed by atoms with Gasteiger partial charge in [-0.3, -0.25) is 0 Å². The van der Waals surface area contributed by atoms with Gasteiger partial charge in [0.1, 0.15) is 11.7 Å². The van der Waals surface area contributed by atoms with Crippen molar-refractivity contribution in [2.45, 2.75) is 79.4 Å². The molecule has 17 heavy (non-hydrogen) atoms. The first-order valence-corrected chi connectivity index (χ1v) is 6.51. The lowest BCUT2D eigenvalue weighted by atomic mass is 9.84. The Bertz CT molecular complexity index is 244. The summed E-state index contributed by atoms with van der Waals surface area (Å²) in [4.78, 5) is 11.6. The van der Waals surface area contributed by atoms with Gasteiger partial charge >= 0.3 is 6.16 Å². The van der Waals surface area contributed by atoms with Gasteiger partial charge in [0.05, 0.1) is 0 Å². The van der Waals surface area contributed by atoms with Crippen molar-refractivity contribution in [2.24, 2.45) is 5.41 Å². The van der Waals surface area contributed by atoms with Crippen molar-refractivity contribution in [1.82, 2.24) is 0 Å². The minimum Gasteiger partial charge on any atom is -0.431 e. The molecule has 0 spiro atoms. The molecule has 1 unspecified atom stereocenters. The Morgan fingerprint density at radius 2 is 1.65 bits per heavy atom. The number of carbonyl (C=O) groups excluding carboxylic acids is 1. The molecule has 0 bridgehead atoms. The van der Waals surface area contributed by atoms with Gasteiger partial charge in [0.15, 0.2) is 0 Å². The average Bonchev–Trinajstić information content (AvgIpc) is 2.15. The normalized spacial score (nSPS) is 14.3. The summed E-state index contributed by atoms with van der Waals surface area (Å²) in [6.07, 6.45) is 2.03. The Labute approximate surface area is 106 Å². The Balaban J connectivity index is 4.13. The van der Waals surface area contributed by atoms with E-state index in [1.54, 1.807) is 0 Å². The van der Waals surface area contributed by atoms with Gasteiger partial charge < -0.3 is 9.47 Å². The number of hydrogen-bond acceptors (Lipinski definition) is 3. The van der Waals surface area contributed by atoms with Crippen molar-refractivity contribution < 1.29 is 14.3 Å². The molecule has 0 N–H and O–H groups in total. The van der Waals surface area contributed by atoms with Crippen molar-refractivity contribution in [1.29, 1.82) is 0 Å². The molecule has 0 saturated heterocycles. The second-order valence-electron chi connectivity index (χ2n) is 6.12. The van der Waals surface area contributed by atoms with Crippen molar-refractivity contribution in [3.05, 3.63) is 0 Å². The molecule has 0 saturated carbocycles. The number of hydrogen-bond donors (Lipinski definition) is 0. The number of rotatable bonds is 6. The molecule has 102 valence electrons. The molecule has 0 heterocycles. The van der Waals surface area contributed by atoms with Crippen LogP contribution < -0.4 is 0 Å². The molecular formula is C14H28O3. The molecular weight excluding hydrogens is 216 g/mol. The van der Waals surface area contributed by atoms with Crippen LogP contribution in [-0.2, 0) is 9.47 Å². The fraction of sp³-hybridized carbons (Fsp3) is 0.929. The summed E-state index contributed by atoms with van der Waals surface area (Å²) in [5.74, 6) is 0. The van der Waals surface area contributed by atoms with Crippen LogP contribution in [0, 0.1) is 5.41 Å². The summed E-state index contributed by atoms with van der Waals surface area (Å²) in [6, 6.07) is 0. The zero-order chi connectivity index (χ0) is 13.7. The van der Waals surface area contributed by atoms with Crippen LogP contribution in [0.2, 0.25) is 0 Å². The molecule has 1 atom stereocenters. The van der Waals surface area contributed by atoms with Gasteiger partial charge in [-0.2, -0.15) is 0 Å². The molecule has 3 nitrogen and oxygen atoms in total. The van der Waals surface area contributed by atoms with Crippen molar-refractivity contribution in [2.75, 3.05) is 0 Å². The predicted molar refractivity (Wildman–Crippen MR) is 70.1 cm³/mol. The third kappa shape index (κ3) is 7.24. The molecule has 0 aliphatic heterocycles. The number of ether oxygens (including phenoxy) is 2. The molecule has 0 aromatic heterocycles. The first-order chi connectivity index (χ1) is 7.62. The third-order valence-electron chi connectivity index (χ3n) is 3.31. The van der Waals surface area contributed by atoms with Crippen LogP contribution in [0.5, 0.6) is 0 Å². The Morgan fingerprint density at radius 1 is 1.12 bits per heavy atom. The summed E-state index contributed by atoms with van der Waals surface area (Å²) >= 11 is 0. The lowest BCUT2D eigenvalue weighted by Crippen LogP contribution is -2.30. The second kappa shape index (κ2) is 6.27. The Kier molecular flexibility index (Phi) is 6.00. The van der Waals surface area contributed by atoms with Crippen LogP contribution in [0.15, 0.2) is 0 Å². The van der Waals surface area contributed by atoms with Crippen LogP contribution in [-0.4, -0.2) is 17.9 Å². The smallest absolute Gasteiger partial charge is 0.431 e. The topological polar surface area (TPSA) is 35.5 Å². The lowest BCUT2D eigenvalue weighted by Gasteiger charge is -2.28. The van der Waals surface area contributed by atoms with E-state index in [4.69, 9.17) is 9.47 Å². The van der Waals surface area contributed by atoms with E-state index in [1.165, 1.54) is 0 Å². The molecule has 0 radical (unpaired) electrons. The first-order valence-electron chi connectivity index (χ1n) is 6.51. The maximum absolute atomic E-state index is 11.6. The molecule has 0 amide bonds. The fourth-order valence-corrected chi connectivity index (χ4v) is 1.45. The fourth-order valence-electron chi connectivity index (χ4n) is 1.45. The van der Waals surface area contributed by atoms with Gasteiger partial charge in [0, 0.05) is 0 Å². The van der Waals surface area contributed by atoms with E-state index in [9.17, 15) is 4.79 Å². The summed E-state index contributed by atoms with van der Waals surface area (Å²) in [6.45, 7) is 14.2. The summed E-state index contributed by atoms with van der Waals surface area (Å²) in [5.41, 5.74) is -0.253. The molecule has 0 aliphatic carbocycles. The highest BCUT2D eigenvalue weighted by molar-refractivity contribution is 5.60. The summed E-state index contributed by atoms with van der Waals surface area (Å²) in [5, 5.41) is 0. The highest BCUT2D eigenvalue weighted by Crippen LogP contribution is 2.27. The highest BCUT2D eigenvalue weighted by Gasteiger charge is 2.25. The molecule has 0 aromatic carbocycles. The van der Waals surface area contributed by atoms with E-state index >= 15 is 0 Å². The van der Waals surface area contributed by atoms with Gasteiger partial charge in [-0.05, 0) is 39.0 Å². The zero-order valence-corrected chi connectivity index (χ0v) is 12.4. The van der Waals surface area contributed by atoms with Crippen molar-refractivity contribution in [3.8, 4) is 0 Å². The van der Waals surface area contributed by atoms with Crippen LogP contribution >= 0.6 is 0 Å². The molecule has 0 aliphatic rings. The van der Waals surface area contributed by atoms with E-state index in [0.29, 0.717) is 0 Å². The molecule has 3 heteroatoms. The molecule has 0 aromatic rings.